The van der Waals surface area contributed by atoms with E-state index in [1.54, 1.807) is 0 Å². The fourth-order valence-corrected chi connectivity index (χ4v) is 1.27. The standard InChI is InChI=1S/C10H10N4O5/c1-3-4-11-9(15)6(2)13-5-7(14(18)19)8(12-13)10(16)17/h1,5-6H,4H2,2H3,(H,11,15)(H,16,17). The number of carboxylic acid groups (broad SMARTS) is 1. The van der Waals surface area contributed by atoms with Crippen LogP contribution in [0.25, 0.3) is 0 Å². The van der Waals surface area contributed by atoms with Crippen molar-refractivity contribution < 1.29 is 19.6 Å². The fourth-order valence-electron chi connectivity index (χ4n) is 1.27. The normalized spacial score (nSPS) is 11.4. The van der Waals surface area contributed by atoms with Gasteiger partial charge in [0, 0.05) is 0 Å². The Morgan fingerprint density at radius 3 is 2.79 bits per heavy atom. The van der Waals surface area contributed by atoms with Crippen molar-refractivity contribution in [1.82, 2.24) is 15.1 Å². The van der Waals surface area contributed by atoms with E-state index in [1.807, 2.05) is 0 Å². The molecule has 1 atom stereocenters. The molecule has 19 heavy (non-hydrogen) atoms. The second-order valence-electron chi connectivity index (χ2n) is 3.50. The van der Waals surface area contributed by atoms with Crippen molar-refractivity contribution in [3.63, 3.8) is 0 Å². The van der Waals surface area contributed by atoms with E-state index in [0.717, 1.165) is 10.9 Å². The summed E-state index contributed by atoms with van der Waals surface area (Å²) in [5, 5.41) is 25.3. The second-order valence-corrected chi connectivity index (χ2v) is 3.50. The number of terminal acetylenes is 1. The molecule has 0 spiro atoms. The summed E-state index contributed by atoms with van der Waals surface area (Å²) in [5.41, 5.74) is -1.40. The summed E-state index contributed by atoms with van der Waals surface area (Å²) >= 11 is 0. The molecule has 0 radical (unpaired) electrons. The first-order valence-corrected chi connectivity index (χ1v) is 5.06. The molecule has 1 unspecified atom stereocenters. The number of aromatic carboxylic acids is 1. The van der Waals surface area contributed by atoms with E-state index in [4.69, 9.17) is 11.5 Å². The predicted octanol–water partition coefficient (Wildman–Crippen LogP) is -0.200. The number of hydrogen-bond donors (Lipinski definition) is 2. The van der Waals surface area contributed by atoms with Crippen LogP contribution in [0, 0.1) is 22.5 Å². The molecule has 9 heteroatoms. The van der Waals surface area contributed by atoms with Crippen LogP contribution < -0.4 is 5.32 Å². The molecule has 0 aromatic carbocycles. The number of carbonyl (C=O) groups excluding carboxylic acids is 1. The zero-order chi connectivity index (χ0) is 14.6. The lowest BCUT2D eigenvalue weighted by atomic mass is 10.3. The van der Waals surface area contributed by atoms with Crippen molar-refractivity contribution in [1.29, 1.82) is 0 Å². The van der Waals surface area contributed by atoms with Crippen LogP contribution >= 0.6 is 0 Å². The highest BCUT2D eigenvalue weighted by molar-refractivity contribution is 5.90. The molecule has 1 rings (SSSR count). The summed E-state index contributed by atoms with van der Waals surface area (Å²) < 4.78 is 0.910. The molecular formula is C10H10N4O5. The van der Waals surface area contributed by atoms with E-state index in [1.165, 1.54) is 6.92 Å². The Morgan fingerprint density at radius 1 is 1.74 bits per heavy atom. The maximum Gasteiger partial charge on any atom is 0.363 e. The smallest absolute Gasteiger partial charge is 0.363 e. The Kier molecular flexibility index (Phi) is 4.20. The highest BCUT2D eigenvalue weighted by Crippen LogP contribution is 2.19. The maximum atomic E-state index is 11.6. The van der Waals surface area contributed by atoms with Gasteiger partial charge in [0.05, 0.1) is 11.5 Å². The van der Waals surface area contributed by atoms with E-state index in [0.29, 0.717) is 0 Å². The van der Waals surface area contributed by atoms with Crippen molar-refractivity contribution in [2.75, 3.05) is 6.54 Å². The minimum absolute atomic E-state index is 0.00166. The number of nitro groups is 1. The van der Waals surface area contributed by atoms with Gasteiger partial charge in [-0.3, -0.25) is 19.6 Å². The van der Waals surface area contributed by atoms with Crippen molar-refractivity contribution in [3.8, 4) is 12.3 Å². The lowest BCUT2D eigenvalue weighted by Crippen LogP contribution is -2.31. The molecule has 1 amide bonds. The number of carboxylic acids is 1. The Bertz CT molecular complexity index is 539. The van der Waals surface area contributed by atoms with Gasteiger partial charge >= 0.3 is 11.7 Å². The zero-order valence-electron chi connectivity index (χ0n) is 9.86. The van der Waals surface area contributed by atoms with E-state index >= 15 is 0 Å². The number of aromatic nitrogens is 2. The van der Waals surface area contributed by atoms with Crippen LogP contribution in [0.1, 0.15) is 23.5 Å². The minimum atomic E-state index is -1.54. The Hall–Kier alpha value is -2.89. The predicted molar refractivity (Wildman–Crippen MR) is 62.4 cm³/mol. The topological polar surface area (TPSA) is 127 Å². The van der Waals surface area contributed by atoms with Crippen LogP contribution in [0.5, 0.6) is 0 Å². The monoisotopic (exact) mass is 266 g/mol. The van der Waals surface area contributed by atoms with Crippen LogP contribution in [-0.4, -0.2) is 38.2 Å². The van der Waals surface area contributed by atoms with Crippen molar-refractivity contribution in [2.24, 2.45) is 0 Å². The summed E-state index contributed by atoms with van der Waals surface area (Å²) in [6.45, 7) is 1.41. The van der Waals surface area contributed by atoms with Crippen LogP contribution in [0.4, 0.5) is 5.69 Å². The highest BCUT2D eigenvalue weighted by atomic mass is 16.6. The molecule has 9 nitrogen and oxygen atoms in total. The molecular weight excluding hydrogens is 256 g/mol. The molecule has 0 bridgehead atoms. The zero-order valence-corrected chi connectivity index (χ0v) is 9.86. The lowest BCUT2D eigenvalue weighted by molar-refractivity contribution is -0.385. The van der Waals surface area contributed by atoms with Crippen molar-refractivity contribution >= 4 is 17.6 Å². The number of amides is 1. The highest BCUT2D eigenvalue weighted by Gasteiger charge is 2.28. The van der Waals surface area contributed by atoms with Crippen molar-refractivity contribution in [2.45, 2.75) is 13.0 Å². The molecule has 1 aromatic rings. The average molecular weight is 266 g/mol. The second kappa shape index (κ2) is 5.63. The van der Waals surface area contributed by atoms with Gasteiger partial charge in [0.25, 0.3) is 0 Å². The van der Waals surface area contributed by atoms with E-state index < -0.39 is 34.2 Å². The first-order valence-electron chi connectivity index (χ1n) is 5.06. The number of nitrogens with zero attached hydrogens (tertiary/aromatic N) is 3. The van der Waals surface area contributed by atoms with Gasteiger partial charge in [-0.15, -0.1) is 6.42 Å². The summed E-state index contributed by atoms with van der Waals surface area (Å²) in [5.74, 6) is 0.133. The van der Waals surface area contributed by atoms with Crippen LogP contribution in [-0.2, 0) is 4.79 Å². The largest absolute Gasteiger partial charge is 0.476 e. The molecule has 0 aliphatic rings. The van der Waals surface area contributed by atoms with Gasteiger partial charge in [0.1, 0.15) is 12.2 Å². The Morgan fingerprint density at radius 2 is 2.37 bits per heavy atom. The van der Waals surface area contributed by atoms with Crippen LogP contribution in [0.3, 0.4) is 0 Å². The molecule has 0 fully saturated rings. The van der Waals surface area contributed by atoms with E-state index in [2.05, 4.69) is 16.3 Å². The summed E-state index contributed by atoms with van der Waals surface area (Å²) in [4.78, 5) is 32.2. The number of hydrogen-bond acceptors (Lipinski definition) is 5. The van der Waals surface area contributed by atoms with Gasteiger partial charge in [-0.25, -0.2) is 4.79 Å². The number of carbonyl (C=O) groups is 2. The van der Waals surface area contributed by atoms with Gasteiger partial charge in [-0.05, 0) is 6.92 Å². The third-order valence-electron chi connectivity index (χ3n) is 2.25. The molecule has 100 valence electrons. The molecule has 0 aliphatic heterocycles. The number of nitrogens with one attached hydrogen (secondary N) is 1. The lowest BCUT2D eigenvalue weighted by Gasteiger charge is -2.10. The van der Waals surface area contributed by atoms with Crippen LogP contribution in [0.15, 0.2) is 6.20 Å². The van der Waals surface area contributed by atoms with Crippen molar-refractivity contribution in [3.05, 3.63) is 22.0 Å². The maximum absolute atomic E-state index is 11.6. The summed E-state index contributed by atoms with van der Waals surface area (Å²) in [6.07, 6.45) is 5.86. The third-order valence-corrected chi connectivity index (χ3v) is 2.25. The van der Waals surface area contributed by atoms with Gasteiger partial charge < -0.3 is 10.4 Å². The fraction of sp³-hybridized carbons (Fsp3) is 0.300. The first kappa shape index (κ1) is 14.2. The quantitative estimate of drug-likeness (QED) is 0.431. The van der Waals surface area contributed by atoms with Gasteiger partial charge in [-0.2, -0.15) is 5.10 Å². The molecule has 1 aromatic heterocycles. The first-order chi connectivity index (χ1) is 8.88. The van der Waals surface area contributed by atoms with Crippen LogP contribution in [0.2, 0.25) is 0 Å². The van der Waals surface area contributed by atoms with E-state index in [9.17, 15) is 19.7 Å². The molecule has 0 saturated heterocycles. The molecule has 0 saturated carbocycles. The average Bonchev–Trinajstić information content (AvgIpc) is 2.80. The minimum Gasteiger partial charge on any atom is -0.476 e. The summed E-state index contributed by atoms with van der Waals surface area (Å²) in [6, 6.07) is -0.917. The SMILES string of the molecule is C#CCNC(=O)C(C)n1cc([N+](=O)[O-])c(C(=O)O)n1. The Labute approximate surface area is 107 Å². The molecule has 0 aliphatic carbocycles. The molecule has 1 heterocycles. The molecule has 2 N–H and O–H groups in total. The van der Waals surface area contributed by atoms with Gasteiger partial charge in [-0.1, -0.05) is 5.92 Å². The van der Waals surface area contributed by atoms with Gasteiger partial charge in [0.2, 0.25) is 11.6 Å². The number of rotatable bonds is 5. The van der Waals surface area contributed by atoms with E-state index in [-0.39, 0.29) is 6.54 Å². The van der Waals surface area contributed by atoms with Gasteiger partial charge in [0.15, 0.2) is 0 Å². The summed E-state index contributed by atoms with van der Waals surface area (Å²) in [7, 11) is 0. The third kappa shape index (κ3) is 3.06. The Balaban J connectivity index is 3.05.